The van der Waals surface area contributed by atoms with Crippen molar-refractivity contribution in [3.05, 3.63) is 41.5 Å². The Morgan fingerprint density at radius 1 is 1.10 bits per heavy atom. The van der Waals surface area contributed by atoms with Crippen LogP contribution >= 0.6 is 0 Å². The van der Waals surface area contributed by atoms with Crippen LogP contribution in [0.4, 0.5) is 0 Å². The molecule has 4 atom stereocenters. The number of ether oxygens (including phenoxy) is 6. The van der Waals surface area contributed by atoms with Gasteiger partial charge in [0.25, 0.3) is 0 Å². The van der Waals surface area contributed by atoms with Crippen LogP contribution in [0.3, 0.4) is 0 Å². The Bertz CT molecular complexity index is 1170. The van der Waals surface area contributed by atoms with E-state index in [0.29, 0.717) is 12.0 Å². The minimum atomic E-state index is -0.942. The van der Waals surface area contributed by atoms with E-state index in [-0.39, 0.29) is 60.4 Å². The van der Waals surface area contributed by atoms with Gasteiger partial charge < -0.3 is 33.7 Å². The van der Waals surface area contributed by atoms with E-state index in [1.165, 1.54) is 26.2 Å². The van der Waals surface area contributed by atoms with Gasteiger partial charge in [-0.15, -0.1) is 0 Å². The number of esters is 1. The number of amides is 1. The van der Waals surface area contributed by atoms with Crippen LogP contribution in [0, 0.1) is 5.92 Å². The molecule has 1 fully saturated rings. The predicted molar refractivity (Wildman–Crippen MR) is 144 cm³/mol. The molecule has 1 amide bonds. The van der Waals surface area contributed by atoms with Crippen LogP contribution in [-0.2, 0) is 33.3 Å². The molecule has 2 aliphatic heterocycles. The lowest BCUT2D eigenvalue weighted by Gasteiger charge is -2.21. The van der Waals surface area contributed by atoms with Gasteiger partial charge in [0.2, 0.25) is 5.91 Å². The van der Waals surface area contributed by atoms with E-state index < -0.39 is 30.1 Å². The largest absolute Gasteiger partial charge is 0.486 e. The molecule has 11 nitrogen and oxygen atoms in total. The van der Waals surface area contributed by atoms with Gasteiger partial charge in [0, 0.05) is 26.0 Å². The Balaban J connectivity index is 2.01. The summed E-state index contributed by atoms with van der Waals surface area (Å²) < 4.78 is 34.1. The van der Waals surface area contributed by atoms with Crippen molar-refractivity contribution < 1.29 is 47.6 Å². The number of methoxy groups -OCH3 is 1. The number of hydrogen-bond donors (Lipinski definition) is 1. The van der Waals surface area contributed by atoms with E-state index in [2.05, 4.69) is 5.32 Å². The lowest BCUT2D eigenvalue weighted by atomic mass is 9.99. The molecule has 0 aromatic heterocycles. The smallest absolute Gasteiger partial charge is 0.342 e. The summed E-state index contributed by atoms with van der Waals surface area (Å²) >= 11 is 0. The highest BCUT2D eigenvalue weighted by molar-refractivity contribution is 5.97. The molecule has 2 heterocycles. The van der Waals surface area contributed by atoms with E-state index in [0.717, 1.165) is 0 Å². The molecule has 0 saturated carbocycles. The molecular weight excluding hydrogens is 522 g/mol. The van der Waals surface area contributed by atoms with Gasteiger partial charge in [0.1, 0.15) is 35.9 Å². The van der Waals surface area contributed by atoms with Gasteiger partial charge in [0.05, 0.1) is 12.6 Å². The summed E-state index contributed by atoms with van der Waals surface area (Å²) in [5, 5.41) is 2.43. The van der Waals surface area contributed by atoms with Crippen molar-refractivity contribution in [2.24, 2.45) is 5.92 Å². The van der Waals surface area contributed by atoms with E-state index >= 15 is 0 Å². The SMILES string of the molecule is COCOc1cc(OCC(=O)CNC(C)=O)cc2c1C(=O)O[C@@H](C)[C@H](C)/C=C\C(=O)C1OC(C)(C)OC1CC=C2. The summed E-state index contributed by atoms with van der Waals surface area (Å²) in [6.07, 6.45) is 4.95. The number of carbonyl (C=O) groups is 4. The highest BCUT2D eigenvalue weighted by Crippen LogP contribution is 2.34. The number of hydrogen-bond acceptors (Lipinski definition) is 10. The lowest BCUT2D eigenvalue weighted by Crippen LogP contribution is -2.30. The second-order valence-electron chi connectivity index (χ2n) is 10.1. The highest BCUT2D eigenvalue weighted by Gasteiger charge is 2.43. The summed E-state index contributed by atoms with van der Waals surface area (Å²) in [6, 6.07) is 3.05. The van der Waals surface area contributed by atoms with Crippen LogP contribution in [0.1, 0.15) is 57.0 Å². The van der Waals surface area contributed by atoms with Crippen molar-refractivity contribution in [1.82, 2.24) is 5.32 Å². The summed E-state index contributed by atoms with van der Waals surface area (Å²) in [7, 11) is 1.44. The number of rotatable bonds is 8. The molecule has 1 N–H and O–H groups in total. The third-order valence-corrected chi connectivity index (χ3v) is 6.30. The number of cyclic esters (lactones) is 1. The first-order chi connectivity index (χ1) is 18.9. The average Bonchev–Trinajstić information content (AvgIpc) is 3.21. The van der Waals surface area contributed by atoms with Crippen molar-refractivity contribution in [2.75, 3.05) is 27.1 Å². The van der Waals surface area contributed by atoms with E-state index in [4.69, 9.17) is 28.4 Å². The fourth-order valence-corrected chi connectivity index (χ4v) is 4.13. The third-order valence-electron chi connectivity index (χ3n) is 6.30. The molecule has 1 saturated heterocycles. The van der Waals surface area contributed by atoms with Crippen LogP contribution in [0.25, 0.3) is 6.08 Å². The molecule has 40 heavy (non-hydrogen) atoms. The van der Waals surface area contributed by atoms with Crippen molar-refractivity contribution >= 4 is 29.5 Å². The Morgan fingerprint density at radius 3 is 2.55 bits per heavy atom. The van der Waals surface area contributed by atoms with E-state index in [1.54, 1.807) is 45.1 Å². The number of carbonyl (C=O) groups excluding carboxylic acids is 4. The van der Waals surface area contributed by atoms with Crippen LogP contribution < -0.4 is 14.8 Å². The van der Waals surface area contributed by atoms with Crippen LogP contribution in [0.2, 0.25) is 0 Å². The summed E-state index contributed by atoms with van der Waals surface area (Å²) in [5.41, 5.74) is 0.540. The molecule has 0 spiro atoms. The zero-order chi connectivity index (χ0) is 29.4. The molecule has 2 aliphatic rings. The van der Waals surface area contributed by atoms with E-state index in [9.17, 15) is 19.2 Å². The maximum absolute atomic E-state index is 13.4. The van der Waals surface area contributed by atoms with Gasteiger partial charge in [-0.05, 0) is 44.9 Å². The molecule has 0 radical (unpaired) electrons. The van der Waals surface area contributed by atoms with E-state index in [1.807, 2.05) is 6.92 Å². The van der Waals surface area contributed by atoms with Gasteiger partial charge in [-0.25, -0.2) is 4.79 Å². The Hall–Kier alpha value is -3.54. The van der Waals surface area contributed by atoms with Crippen LogP contribution in [0.5, 0.6) is 11.5 Å². The standard InChI is InChI=1S/C29H37NO10/c1-17-10-11-23(33)27-24(39-29(4,5)40-27)9-7-8-20-12-22(36-15-21(32)14-30-19(3)31)13-25(37-16-35-6)26(20)28(34)38-18(17)2/h7-8,10-13,17-18,24,27H,9,14-16H2,1-6H3,(H,30,31)/b8-7?,11-10-/t17-,18+,24?,27?/m1/s1. The molecule has 3 rings (SSSR count). The van der Waals surface area contributed by atoms with Gasteiger partial charge >= 0.3 is 5.97 Å². The van der Waals surface area contributed by atoms with Crippen molar-refractivity contribution in [3.8, 4) is 11.5 Å². The zero-order valence-corrected chi connectivity index (χ0v) is 23.7. The summed E-state index contributed by atoms with van der Waals surface area (Å²) in [5.74, 6) is -2.41. The second kappa shape index (κ2) is 13.7. The zero-order valence-electron chi connectivity index (χ0n) is 23.7. The first-order valence-electron chi connectivity index (χ1n) is 13.0. The molecule has 0 aliphatic carbocycles. The number of nitrogens with one attached hydrogen (secondary N) is 1. The minimum Gasteiger partial charge on any atom is -0.486 e. The van der Waals surface area contributed by atoms with Gasteiger partial charge in [-0.3, -0.25) is 14.4 Å². The Labute approximate surface area is 233 Å². The molecule has 2 unspecified atom stereocenters. The van der Waals surface area contributed by atoms with Gasteiger partial charge in [-0.2, -0.15) is 0 Å². The first kappa shape index (κ1) is 31.0. The second-order valence-corrected chi connectivity index (χ2v) is 10.1. The molecule has 11 heteroatoms. The van der Waals surface area contributed by atoms with Gasteiger partial charge in [-0.1, -0.05) is 25.2 Å². The maximum atomic E-state index is 13.4. The molecule has 0 bridgehead atoms. The summed E-state index contributed by atoms with van der Waals surface area (Å²) in [6.45, 7) is 7.72. The van der Waals surface area contributed by atoms with Crippen LogP contribution in [0.15, 0.2) is 30.4 Å². The van der Waals surface area contributed by atoms with Crippen molar-refractivity contribution in [2.45, 2.75) is 65.1 Å². The summed E-state index contributed by atoms with van der Waals surface area (Å²) in [4.78, 5) is 49.6. The monoisotopic (exact) mass is 559 g/mol. The number of Topliss-reactive ketones (excluding diaryl/α,β-unsaturated/α-hetero) is 1. The van der Waals surface area contributed by atoms with Crippen molar-refractivity contribution in [3.63, 3.8) is 0 Å². The number of fused-ring (bicyclic) bond motifs is 2. The molecule has 1 aromatic carbocycles. The van der Waals surface area contributed by atoms with Crippen LogP contribution in [-0.4, -0.2) is 74.6 Å². The highest BCUT2D eigenvalue weighted by atomic mass is 16.8. The number of ketones is 2. The average molecular weight is 560 g/mol. The predicted octanol–water partition coefficient (Wildman–Crippen LogP) is 3.00. The molecule has 1 aromatic rings. The van der Waals surface area contributed by atoms with Gasteiger partial charge in [0.15, 0.2) is 24.1 Å². The molecular formula is C29H37NO10. The van der Waals surface area contributed by atoms with Crippen molar-refractivity contribution in [1.29, 1.82) is 0 Å². The normalized spacial score (nSPS) is 25.1. The minimum absolute atomic E-state index is 0.135. The Kier molecular flexibility index (Phi) is 10.6. The maximum Gasteiger partial charge on any atom is 0.342 e. The third kappa shape index (κ3) is 8.48. The lowest BCUT2D eigenvalue weighted by molar-refractivity contribution is -0.152. The number of benzene rings is 1. The topological polar surface area (TPSA) is 136 Å². The molecule has 218 valence electrons. The fraction of sp³-hybridized carbons (Fsp3) is 0.517. The quantitative estimate of drug-likeness (QED) is 0.374. The Morgan fingerprint density at radius 2 is 1.85 bits per heavy atom. The fourth-order valence-electron chi connectivity index (χ4n) is 4.13. The first-order valence-corrected chi connectivity index (χ1v) is 13.0.